The summed E-state index contributed by atoms with van der Waals surface area (Å²) in [7, 11) is 0. The van der Waals surface area contributed by atoms with Crippen molar-refractivity contribution in [2.45, 2.75) is 25.5 Å². The molecule has 0 spiro atoms. The summed E-state index contributed by atoms with van der Waals surface area (Å²) < 4.78 is 18.9. The van der Waals surface area contributed by atoms with E-state index in [1.54, 1.807) is 18.3 Å². The van der Waals surface area contributed by atoms with Crippen molar-refractivity contribution in [1.29, 1.82) is 0 Å². The molecule has 0 atom stereocenters. The average molecular weight is 275 g/mol. The molecular formula is C15H18FN3O. The molecule has 0 amide bonds. The Balaban J connectivity index is 1.48. The highest BCUT2D eigenvalue weighted by molar-refractivity contribution is 5.22. The van der Waals surface area contributed by atoms with Crippen LogP contribution in [0.4, 0.5) is 4.39 Å². The number of nitrogens with one attached hydrogen (secondary N) is 1. The quantitative estimate of drug-likeness (QED) is 0.932. The molecule has 0 radical (unpaired) electrons. The maximum atomic E-state index is 13.1. The molecule has 0 bridgehead atoms. The third-order valence-corrected chi connectivity index (χ3v) is 3.59. The van der Waals surface area contributed by atoms with Crippen LogP contribution in [0, 0.1) is 5.82 Å². The van der Waals surface area contributed by atoms with Gasteiger partial charge < -0.3 is 4.74 Å². The standard InChI is InChI=1S/C15H18FN3O/c16-12-2-1-3-15(10-12)20-14-5-8-19(9-6-14)11-13-4-7-17-18-13/h1-4,7,10,14H,5-6,8-9,11H2,(H,17,18). The first-order valence-corrected chi connectivity index (χ1v) is 6.92. The zero-order valence-corrected chi connectivity index (χ0v) is 11.3. The number of piperidine rings is 1. The Labute approximate surface area is 117 Å². The fraction of sp³-hybridized carbons (Fsp3) is 0.400. The monoisotopic (exact) mass is 275 g/mol. The number of aromatic amines is 1. The lowest BCUT2D eigenvalue weighted by Crippen LogP contribution is -2.37. The normalized spacial score (nSPS) is 17.2. The first kappa shape index (κ1) is 13.1. The first-order chi connectivity index (χ1) is 9.79. The van der Waals surface area contributed by atoms with Crippen LogP contribution in [0.3, 0.4) is 0 Å². The van der Waals surface area contributed by atoms with E-state index in [4.69, 9.17) is 4.74 Å². The minimum atomic E-state index is -0.251. The van der Waals surface area contributed by atoms with Gasteiger partial charge in [-0.1, -0.05) is 6.07 Å². The van der Waals surface area contributed by atoms with Gasteiger partial charge in [0.05, 0.1) is 0 Å². The predicted octanol–water partition coefficient (Wildman–Crippen LogP) is 2.59. The van der Waals surface area contributed by atoms with Gasteiger partial charge in [-0.2, -0.15) is 5.10 Å². The van der Waals surface area contributed by atoms with Crippen LogP contribution >= 0.6 is 0 Å². The summed E-state index contributed by atoms with van der Waals surface area (Å²) in [5.74, 6) is 0.371. The number of likely N-dealkylation sites (tertiary alicyclic amines) is 1. The van der Waals surface area contributed by atoms with Gasteiger partial charge in [-0.05, 0) is 31.0 Å². The summed E-state index contributed by atoms with van der Waals surface area (Å²) in [6, 6.07) is 8.35. The van der Waals surface area contributed by atoms with Crippen molar-refractivity contribution in [2.24, 2.45) is 0 Å². The van der Waals surface area contributed by atoms with Gasteiger partial charge in [-0.15, -0.1) is 0 Å². The number of rotatable bonds is 4. The fourth-order valence-corrected chi connectivity index (χ4v) is 2.53. The van der Waals surface area contributed by atoms with E-state index in [0.717, 1.165) is 38.2 Å². The number of hydrogen-bond donors (Lipinski definition) is 1. The molecule has 106 valence electrons. The summed E-state index contributed by atoms with van der Waals surface area (Å²) in [6.07, 6.45) is 3.87. The van der Waals surface area contributed by atoms with Crippen molar-refractivity contribution in [3.8, 4) is 5.75 Å². The van der Waals surface area contributed by atoms with Gasteiger partial charge >= 0.3 is 0 Å². The molecule has 1 aromatic heterocycles. The van der Waals surface area contributed by atoms with Crippen LogP contribution in [0.25, 0.3) is 0 Å². The molecular weight excluding hydrogens is 257 g/mol. The molecule has 1 aliphatic rings. The van der Waals surface area contributed by atoms with Gasteiger partial charge in [-0.25, -0.2) is 4.39 Å². The SMILES string of the molecule is Fc1cccc(OC2CCN(Cc3ccn[nH]3)CC2)c1. The fourth-order valence-electron chi connectivity index (χ4n) is 2.53. The molecule has 2 aromatic rings. The van der Waals surface area contributed by atoms with Gasteiger partial charge in [0.1, 0.15) is 17.7 Å². The molecule has 1 fully saturated rings. The van der Waals surface area contributed by atoms with Crippen LogP contribution in [0.1, 0.15) is 18.5 Å². The van der Waals surface area contributed by atoms with E-state index in [9.17, 15) is 4.39 Å². The Bertz CT molecular complexity index is 536. The van der Waals surface area contributed by atoms with E-state index in [1.165, 1.54) is 12.1 Å². The Morgan fingerprint density at radius 2 is 2.15 bits per heavy atom. The second-order valence-electron chi connectivity index (χ2n) is 5.13. The number of H-pyrrole nitrogens is 1. The smallest absolute Gasteiger partial charge is 0.126 e. The Kier molecular flexibility index (Phi) is 3.97. The zero-order valence-electron chi connectivity index (χ0n) is 11.3. The van der Waals surface area contributed by atoms with Crippen LogP contribution < -0.4 is 4.74 Å². The molecule has 4 nitrogen and oxygen atoms in total. The van der Waals surface area contributed by atoms with E-state index >= 15 is 0 Å². The zero-order chi connectivity index (χ0) is 13.8. The molecule has 0 aliphatic carbocycles. The highest BCUT2D eigenvalue weighted by atomic mass is 19.1. The van der Waals surface area contributed by atoms with E-state index < -0.39 is 0 Å². The van der Waals surface area contributed by atoms with Crippen LogP contribution in [0.2, 0.25) is 0 Å². The number of aromatic nitrogens is 2. The Morgan fingerprint density at radius 1 is 1.30 bits per heavy atom. The summed E-state index contributed by atoms with van der Waals surface area (Å²) in [4.78, 5) is 2.37. The number of benzene rings is 1. The van der Waals surface area contributed by atoms with Crippen molar-refractivity contribution in [2.75, 3.05) is 13.1 Å². The van der Waals surface area contributed by atoms with Crippen LogP contribution in [-0.4, -0.2) is 34.3 Å². The summed E-state index contributed by atoms with van der Waals surface area (Å²) in [6.45, 7) is 2.87. The third kappa shape index (κ3) is 3.36. The van der Waals surface area contributed by atoms with Crippen molar-refractivity contribution in [3.05, 3.63) is 48.0 Å². The predicted molar refractivity (Wildman–Crippen MR) is 73.9 cm³/mol. The Hall–Kier alpha value is -1.88. The molecule has 2 heterocycles. The summed E-state index contributed by atoms with van der Waals surface area (Å²) in [5.41, 5.74) is 1.13. The second kappa shape index (κ2) is 6.05. The van der Waals surface area contributed by atoms with Crippen LogP contribution in [-0.2, 0) is 6.54 Å². The van der Waals surface area contributed by atoms with Crippen LogP contribution in [0.5, 0.6) is 5.75 Å². The topological polar surface area (TPSA) is 41.1 Å². The van der Waals surface area contributed by atoms with E-state index in [-0.39, 0.29) is 11.9 Å². The molecule has 3 rings (SSSR count). The first-order valence-electron chi connectivity index (χ1n) is 6.92. The van der Waals surface area contributed by atoms with Gasteiger partial charge in [0, 0.05) is 37.6 Å². The second-order valence-corrected chi connectivity index (χ2v) is 5.13. The Morgan fingerprint density at radius 3 is 2.85 bits per heavy atom. The van der Waals surface area contributed by atoms with Gasteiger partial charge in [0.25, 0.3) is 0 Å². The molecule has 0 unspecified atom stereocenters. The molecule has 5 heteroatoms. The maximum Gasteiger partial charge on any atom is 0.126 e. The van der Waals surface area contributed by atoms with Crippen molar-refractivity contribution in [3.63, 3.8) is 0 Å². The number of halogens is 1. The van der Waals surface area contributed by atoms with Gasteiger partial charge in [0.2, 0.25) is 0 Å². The third-order valence-electron chi connectivity index (χ3n) is 3.59. The summed E-state index contributed by atoms with van der Waals surface area (Å²) >= 11 is 0. The minimum Gasteiger partial charge on any atom is -0.490 e. The number of nitrogens with zero attached hydrogens (tertiary/aromatic N) is 2. The molecule has 1 N–H and O–H groups in total. The van der Waals surface area contributed by atoms with E-state index in [0.29, 0.717) is 5.75 Å². The maximum absolute atomic E-state index is 13.1. The highest BCUT2D eigenvalue weighted by Gasteiger charge is 2.20. The summed E-state index contributed by atoms with van der Waals surface area (Å²) in [5, 5.41) is 6.93. The lowest BCUT2D eigenvalue weighted by Gasteiger charge is -2.31. The minimum absolute atomic E-state index is 0.176. The lowest BCUT2D eigenvalue weighted by molar-refractivity contribution is 0.0959. The van der Waals surface area contributed by atoms with Crippen molar-refractivity contribution in [1.82, 2.24) is 15.1 Å². The van der Waals surface area contributed by atoms with Gasteiger partial charge in [0.15, 0.2) is 0 Å². The largest absolute Gasteiger partial charge is 0.490 e. The molecule has 1 aliphatic heterocycles. The van der Waals surface area contributed by atoms with Crippen molar-refractivity contribution < 1.29 is 9.13 Å². The molecule has 1 saturated heterocycles. The number of ether oxygens (including phenoxy) is 1. The van der Waals surface area contributed by atoms with E-state index in [1.807, 2.05) is 6.07 Å². The van der Waals surface area contributed by atoms with E-state index in [2.05, 4.69) is 15.1 Å². The van der Waals surface area contributed by atoms with Crippen molar-refractivity contribution >= 4 is 0 Å². The molecule has 0 saturated carbocycles. The highest BCUT2D eigenvalue weighted by Crippen LogP contribution is 2.20. The average Bonchev–Trinajstić information content (AvgIpc) is 2.94. The molecule has 1 aromatic carbocycles. The van der Waals surface area contributed by atoms with Gasteiger partial charge in [-0.3, -0.25) is 10.00 Å². The molecule has 20 heavy (non-hydrogen) atoms. The lowest BCUT2D eigenvalue weighted by atomic mass is 10.1. The number of hydrogen-bond acceptors (Lipinski definition) is 3. The van der Waals surface area contributed by atoms with Crippen LogP contribution in [0.15, 0.2) is 36.5 Å².